The molecular formula is C17H25F3IN3O2. The second kappa shape index (κ2) is 10.2. The van der Waals surface area contributed by atoms with E-state index in [9.17, 15) is 13.2 Å². The Balaban J connectivity index is 0.00000338. The van der Waals surface area contributed by atoms with E-state index in [2.05, 4.69) is 27.3 Å². The molecule has 1 aromatic carbocycles. The zero-order valence-electron chi connectivity index (χ0n) is 14.9. The summed E-state index contributed by atoms with van der Waals surface area (Å²) in [6.45, 7) is 2.72. The third kappa shape index (κ3) is 7.98. The fourth-order valence-corrected chi connectivity index (χ4v) is 2.52. The van der Waals surface area contributed by atoms with Gasteiger partial charge in [0.1, 0.15) is 5.75 Å². The molecule has 0 aliphatic carbocycles. The quantitative estimate of drug-likeness (QED) is 0.367. The SMILES string of the molecule is CN=C(NCc1ccc(OCC(F)(F)F)cc1)NCC1(C)CCCO1.I. The van der Waals surface area contributed by atoms with Crippen LogP contribution in [0.4, 0.5) is 13.2 Å². The molecule has 5 nitrogen and oxygen atoms in total. The maximum Gasteiger partial charge on any atom is 0.422 e. The Bertz CT molecular complexity index is 574. The van der Waals surface area contributed by atoms with Gasteiger partial charge < -0.3 is 20.1 Å². The maximum atomic E-state index is 12.1. The van der Waals surface area contributed by atoms with Gasteiger partial charge in [-0.25, -0.2) is 0 Å². The molecule has 0 spiro atoms. The number of benzene rings is 1. The molecule has 1 aliphatic rings. The summed E-state index contributed by atoms with van der Waals surface area (Å²) in [5.74, 6) is 0.837. The Morgan fingerprint density at radius 1 is 1.27 bits per heavy atom. The summed E-state index contributed by atoms with van der Waals surface area (Å²) in [5, 5.41) is 6.40. The standard InChI is InChI=1S/C17H24F3N3O2.HI/c1-16(8-3-9-25-16)11-23-15(21-2)22-10-13-4-6-14(7-5-13)24-12-17(18,19)20;/h4-7H,3,8-12H2,1-2H3,(H2,21,22,23);1H. The van der Waals surface area contributed by atoms with Crippen LogP contribution in [0.15, 0.2) is 29.3 Å². The van der Waals surface area contributed by atoms with Crippen LogP contribution in [-0.4, -0.2) is 44.5 Å². The predicted molar refractivity (Wildman–Crippen MR) is 105 cm³/mol. The first-order chi connectivity index (χ1) is 11.8. The number of aliphatic imine (C=N–C) groups is 1. The number of hydrogen-bond donors (Lipinski definition) is 2. The van der Waals surface area contributed by atoms with Crippen LogP contribution in [-0.2, 0) is 11.3 Å². The van der Waals surface area contributed by atoms with Crippen molar-refractivity contribution in [2.24, 2.45) is 4.99 Å². The summed E-state index contributed by atoms with van der Waals surface area (Å²) in [6.07, 6.45) is -2.26. The highest BCUT2D eigenvalue weighted by Crippen LogP contribution is 2.23. The number of ether oxygens (including phenoxy) is 2. The largest absolute Gasteiger partial charge is 0.484 e. The van der Waals surface area contributed by atoms with Crippen LogP contribution in [0.2, 0.25) is 0 Å². The van der Waals surface area contributed by atoms with Crippen molar-refractivity contribution in [2.75, 3.05) is 26.8 Å². The Labute approximate surface area is 168 Å². The van der Waals surface area contributed by atoms with Gasteiger partial charge in [0.15, 0.2) is 12.6 Å². The molecule has 26 heavy (non-hydrogen) atoms. The molecule has 2 rings (SSSR count). The van der Waals surface area contributed by atoms with Gasteiger partial charge in [-0.1, -0.05) is 12.1 Å². The fraction of sp³-hybridized carbons (Fsp3) is 0.588. The van der Waals surface area contributed by atoms with E-state index < -0.39 is 12.8 Å². The normalized spacial score (nSPS) is 20.4. The summed E-state index contributed by atoms with van der Waals surface area (Å²) in [7, 11) is 1.68. The molecule has 0 radical (unpaired) electrons. The zero-order chi connectivity index (χ0) is 18.3. The van der Waals surface area contributed by atoms with Crippen LogP contribution in [0.25, 0.3) is 0 Å². The first-order valence-corrected chi connectivity index (χ1v) is 8.17. The van der Waals surface area contributed by atoms with Crippen molar-refractivity contribution < 1.29 is 22.6 Å². The van der Waals surface area contributed by atoms with Crippen LogP contribution in [0.1, 0.15) is 25.3 Å². The van der Waals surface area contributed by atoms with Crippen molar-refractivity contribution in [1.29, 1.82) is 0 Å². The minimum absolute atomic E-state index is 0. The summed E-state index contributed by atoms with van der Waals surface area (Å²) < 4.78 is 46.8. The molecule has 1 atom stereocenters. The summed E-state index contributed by atoms with van der Waals surface area (Å²) >= 11 is 0. The van der Waals surface area contributed by atoms with Crippen LogP contribution in [0, 0.1) is 0 Å². The summed E-state index contributed by atoms with van der Waals surface area (Å²) in [5.41, 5.74) is 0.736. The third-order valence-electron chi connectivity index (χ3n) is 3.94. The van der Waals surface area contributed by atoms with Gasteiger partial charge in [-0.2, -0.15) is 13.2 Å². The first kappa shape index (κ1) is 22.8. The second-order valence-corrected chi connectivity index (χ2v) is 6.23. The molecular weight excluding hydrogens is 462 g/mol. The van der Waals surface area contributed by atoms with Crippen LogP contribution in [0.5, 0.6) is 5.75 Å². The number of guanidine groups is 1. The number of alkyl halides is 3. The topological polar surface area (TPSA) is 54.9 Å². The van der Waals surface area contributed by atoms with E-state index in [4.69, 9.17) is 4.74 Å². The molecule has 0 amide bonds. The predicted octanol–water partition coefficient (Wildman–Crippen LogP) is 3.48. The minimum atomic E-state index is -4.34. The Morgan fingerprint density at radius 2 is 1.96 bits per heavy atom. The molecule has 1 saturated heterocycles. The zero-order valence-corrected chi connectivity index (χ0v) is 17.2. The highest BCUT2D eigenvalue weighted by molar-refractivity contribution is 14.0. The van der Waals surface area contributed by atoms with Crippen LogP contribution >= 0.6 is 24.0 Å². The summed E-state index contributed by atoms with van der Waals surface area (Å²) in [4.78, 5) is 4.16. The molecule has 1 unspecified atom stereocenters. The lowest BCUT2D eigenvalue weighted by Gasteiger charge is -2.24. The number of nitrogens with one attached hydrogen (secondary N) is 2. The monoisotopic (exact) mass is 487 g/mol. The number of rotatable bonds is 6. The number of nitrogens with zero attached hydrogens (tertiary/aromatic N) is 1. The van der Waals surface area contributed by atoms with E-state index in [0.29, 0.717) is 19.0 Å². The lowest BCUT2D eigenvalue weighted by molar-refractivity contribution is -0.153. The third-order valence-corrected chi connectivity index (χ3v) is 3.94. The van der Waals surface area contributed by atoms with E-state index in [0.717, 1.165) is 25.0 Å². The van der Waals surface area contributed by atoms with Gasteiger partial charge in [0.05, 0.1) is 5.60 Å². The molecule has 1 aliphatic heterocycles. The van der Waals surface area contributed by atoms with E-state index in [-0.39, 0.29) is 35.3 Å². The van der Waals surface area contributed by atoms with Crippen molar-refractivity contribution in [1.82, 2.24) is 10.6 Å². The van der Waals surface area contributed by atoms with Crippen molar-refractivity contribution in [3.63, 3.8) is 0 Å². The van der Waals surface area contributed by atoms with Crippen molar-refractivity contribution >= 4 is 29.9 Å². The van der Waals surface area contributed by atoms with Gasteiger partial charge in [-0.15, -0.1) is 24.0 Å². The van der Waals surface area contributed by atoms with Crippen molar-refractivity contribution in [3.05, 3.63) is 29.8 Å². The smallest absolute Gasteiger partial charge is 0.422 e. The lowest BCUT2D eigenvalue weighted by atomic mass is 10.0. The summed E-state index contributed by atoms with van der Waals surface area (Å²) in [6, 6.07) is 6.47. The lowest BCUT2D eigenvalue weighted by Crippen LogP contribution is -2.45. The second-order valence-electron chi connectivity index (χ2n) is 6.23. The van der Waals surface area contributed by atoms with Crippen molar-refractivity contribution in [3.8, 4) is 5.75 Å². The fourth-order valence-electron chi connectivity index (χ4n) is 2.52. The molecule has 1 fully saturated rings. The Morgan fingerprint density at radius 3 is 2.50 bits per heavy atom. The highest BCUT2D eigenvalue weighted by atomic mass is 127. The van der Waals surface area contributed by atoms with Crippen LogP contribution in [0.3, 0.4) is 0 Å². The Hall–Kier alpha value is -1.23. The van der Waals surface area contributed by atoms with E-state index in [1.165, 1.54) is 12.1 Å². The van der Waals surface area contributed by atoms with Gasteiger partial charge in [-0.3, -0.25) is 4.99 Å². The van der Waals surface area contributed by atoms with Gasteiger partial charge >= 0.3 is 6.18 Å². The first-order valence-electron chi connectivity index (χ1n) is 8.17. The maximum absolute atomic E-state index is 12.1. The molecule has 1 aromatic rings. The average molecular weight is 487 g/mol. The highest BCUT2D eigenvalue weighted by Gasteiger charge is 2.30. The number of halogens is 4. The number of hydrogen-bond acceptors (Lipinski definition) is 3. The van der Waals surface area contributed by atoms with Crippen molar-refractivity contribution in [2.45, 2.75) is 38.1 Å². The van der Waals surface area contributed by atoms with Crippen LogP contribution < -0.4 is 15.4 Å². The van der Waals surface area contributed by atoms with E-state index in [1.807, 2.05) is 0 Å². The molecule has 0 aromatic heterocycles. The average Bonchev–Trinajstić information content (AvgIpc) is 3.00. The molecule has 9 heteroatoms. The Kier molecular flexibility index (Phi) is 8.94. The molecule has 0 saturated carbocycles. The molecule has 148 valence electrons. The molecule has 2 N–H and O–H groups in total. The van der Waals surface area contributed by atoms with Gasteiger partial charge in [0.25, 0.3) is 0 Å². The van der Waals surface area contributed by atoms with Gasteiger partial charge in [0, 0.05) is 26.7 Å². The molecule has 0 bridgehead atoms. The van der Waals surface area contributed by atoms with Gasteiger partial charge in [-0.05, 0) is 37.5 Å². The van der Waals surface area contributed by atoms with E-state index in [1.54, 1.807) is 19.2 Å². The minimum Gasteiger partial charge on any atom is -0.484 e. The van der Waals surface area contributed by atoms with Gasteiger partial charge in [0.2, 0.25) is 0 Å². The molecule has 1 heterocycles. The van der Waals surface area contributed by atoms with E-state index >= 15 is 0 Å².